The summed E-state index contributed by atoms with van der Waals surface area (Å²) in [5, 5.41) is 17.2. The average molecular weight is 473 g/mol. The summed E-state index contributed by atoms with van der Waals surface area (Å²) >= 11 is 0. The molecule has 176 valence electrons. The minimum atomic E-state index is -0.839. The Balaban J connectivity index is 1.26. The van der Waals surface area contributed by atoms with Crippen LogP contribution in [-0.2, 0) is 11.3 Å². The van der Waals surface area contributed by atoms with Crippen LogP contribution in [0.15, 0.2) is 71.5 Å². The number of carboxylic acid groups (broad SMARTS) is 1. The molecule has 0 aliphatic carbocycles. The lowest BCUT2D eigenvalue weighted by Crippen LogP contribution is -2.04. The van der Waals surface area contributed by atoms with E-state index >= 15 is 0 Å². The summed E-state index contributed by atoms with van der Waals surface area (Å²) in [5.74, 6) is 0.347. The fourth-order valence-corrected chi connectivity index (χ4v) is 3.53. The zero-order chi connectivity index (χ0) is 24.2. The number of carbonyl (C=O) groups is 1. The first-order valence-corrected chi connectivity index (χ1v) is 10.9. The Morgan fingerprint density at radius 1 is 1.06 bits per heavy atom. The summed E-state index contributed by atoms with van der Waals surface area (Å²) in [6.45, 7) is 0.666. The largest absolute Gasteiger partial charge is 0.494 e. The topological polar surface area (TPSA) is 116 Å². The zero-order valence-corrected chi connectivity index (χ0v) is 18.5. The monoisotopic (exact) mass is 473 g/mol. The maximum atomic E-state index is 14.1. The van der Waals surface area contributed by atoms with E-state index in [0.29, 0.717) is 59.6 Å². The van der Waals surface area contributed by atoms with Gasteiger partial charge in [-0.3, -0.25) is 9.48 Å². The summed E-state index contributed by atoms with van der Waals surface area (Å²) in [5.41, 5.74) is 3.02. The second kappa shape index (κ2) is 9.72. The van der Waals surface area contributed by atoms with Crippen LogP contribution in [0.2, 0.25) is 0 Å². The van der Waals surface area contributed by atoms with Crippen LogP contribution < -0.4 is 4.74 Å². The van der Waals surface area contributed by atoms with Gasteiger partial charge in [-0.2, -0.15) is 5.10 Å². The number of rotatable bonds is 9. The molecule has 0 spiro atoms. The van der Waals surface area contributed by atoms with Crippen LogP contribution >= 0.6 is 0 Å². The third-order valence-corrected chi connectivity index (χ3v) is 5.26. The molecule has 0 unspecified atom stereocenters. The smallest absolute Gasteiger partial charge is 0.303 e. The van der Waals surface area contributed by atoms with Crippen molar-refractivity contribution >= 4 is 5.97 Å². The van der Waals surface area contributed by atoms with E-state index in [1.807, 2.05) is 18.2 Å². The van der Waals surface area contributed by atoms with E-state index in [4.69, 9.17) is 14.4 Å². The van der Waals surface area contributed by atoms with Crippen LogP contribution in [0.25, 0.3) is 34.0 Å². The molecule has 3 aromatic rings. The van der Waals surface area contributed by atoms with Crippen LogP contribution in [0.1, 0.15) is 18.6 Å². The van der Waals surface area contributed by atoms with Crippen molar-refractivity contribution in [1.29, 1.82) is 0 Å². The van der Waals surface area contributed by atoms with Gasteiger partial charge in [0.2, 0.25) is 0 Å². The van der Waals surface area contributed by atoms with Gasteiger partial charge in [0.25, 0.3) is 0 Å². The Bertz CT molecular complexity index is 1430. The molecule has 0 radical (unpaired) electrons. The fourth-order valence-electron chi connectivity index (χ4n) is 3.53. The van der Waals surface area contributed by atoms with Gasteiger partial charge >= 0.3 is 5.97 Å². The van der Waals surface area contributed by atoms with Crippen molar-refractivity contribution in [2.45, 2.75) is 19.4 Å². The Kier molecular flexibility index (Phi) is 6.16. The molecule has 0 saturated heterocycles. The van der Waals surface area contributed by atoms with Gasteiger partial charge in [0, 0.05) is 18.1 Å². The lowest BCUT2D eigenvalue weighted by molar-refractivity contribution is -0.137. The Morgan fingerprint density at radius 3 is 2.66 bits per heavy atom. The standard InChI is InChI=1S/C25H20FN5O4/c26-20-5-2-1-4-19(20)25-28-22-13-27-31(15-23(22)29-25)14-18-12-21(30-35-18)16-7-9-17(10-8-16)34-11-3-6-24(32)33/h1-2,4-5,7-10,12-13,15H,3,6,11,14H2,(H,32,33). The maximum Gasteiger partial charge on any atom is 0.303 e. The molecule has 2 aliphatic rings. The van der Waals surface area contributed by atoms with Gasteiger partial charge in [0.1, 0.15) is 35.2 Å². The molecular weight excluding hydrogens is 453 g/mol. The molecule has 9 nitrogen and oxygen atoms in total. The first kappa shape index (κ1) is 22.2. The van der Waals surface area contributed by atoms with E-state index < -0.39 is 5.97 Å². The second-order valence-corrected chi connectivity index (χ2v) is 7.82. The van der Waals surface area contributed by atoms with E-state index in [9.17, 15) is 9.18 Å². The van der Waals surface area contributed by atoms with Crippen LogP contribution in [0.3, 0.4) is 0 Å². The molecule has 1 aromatic heterocycles. The van der Waals surface area contributed by atoms with Crippen molar-refractivity contribution in [2.24, 2.45) is 0 Å². The fraction of sp³-hybridized carbons (Fsp3) is 0.160. The van der Waals surface area contributed by atoms with Crippen LogP contribution in [0.4, 0.5) is 4.39 Å². The number of benzene rings is 2. The molecule has 2 aliphatic heterocycles. The number of imidazole rings is 1. The lowest BCUT2D eigenvalue weighted by Gasteiger charge is -2.05. The van der Waals surface area contributed by atoms with Crippen molar-refractivity contribution in [3.05, 3.63) is 78.6 Å². The maximum absolute atomic E-state index is 14.1. The summed E-state index contributed by atoms with van der Waals surface area (Å²) in [6, 6.07) is 15.5. The summed E-state index contributed by atoms with van der Waals surface area (Å²) in [4.78, 5) is 19.4. The molecule has 0 saturated carbocycles. The number of halogens is 1. The summed E-state index contributed by atoms with van der Waals surface area (Å²) in [7, 11) is 0. The molecule has 3 heterocycles. The van der Waals surface area contributed by atoms with Gasteiger partial charge in [0.05, 0.1) is 24.6 Å². The number of hydrogen-bond acceptors (Lipinski definition) is 7. The van der Waals surface area contributed by atoms with Crippen molar-refractivity contribution < 1.29 is 23.6 Å². The molecule has 2 aromatic carbocycles. The number of hydrogen-bond donors (Lipinski definition) is 1. The van der Waals surface area contributed by atoms with Crippen molar-refractivity contribution in [2.75, 3.05) is 6.61 Å². The highest BCUT2D eigenvalue weighted by Crippen LogP contribution is 2.26. The number of carboxylic acids is 1. The average Bonchev–Trinajstić information content (AvgIpc) is 3.49. The first-order valence-electron chi connectivity index (χ1n) is 10.9. The number of fused-ring (bicyclic) bond motifs is 1. The third kappa shape index (κ3) is 5.16. The van der Waals surface area contributed by atoms with E-state index in [2.05, 4.69) is 20.2 Å². The van der Waals surface area contributed by atoms with E-state index in [-0.39, 0.29) is 12.2 Å². The van der Waals surface area contributed by atoms with E-state index in [1.54, 1.807) is 47.4 Å². The van der Waals surface area contributed by atoms with Crippen LogP contribution in [-0.4, -0.2) is 42.6 Å². The Morgan fingerprint density at radius 2 is 1.86 bits per heavy atom. The highest BCUT2D eigenvalue weighted by molar-refractivity contribution is 5.66. The quantitative estimate of drug-likeness (QED) is 0.310. The number of ether oxygens (including phenoxy) is 1. The minimum absolute atomic E-state index is 0.0742. The van der Waals surface area contributed by atoms with Gasteiger partial charge in [0.15, 0.2) is 11.6 Å². The minimum Gasteiger partial charge on any atom is -0.494 e. The number of aliphatic carboxylic acids is 1. The van der Waals surface area contributed by atoms with E-state index in [1.165, 1.54) is 6.07 Å². The summed E-state index contributed by atoms with van der Waals surface area (Å²) < 4.78 is 26.8. The molecular formula is C25H20FN5O4. The predicted molar refractivity (Wildman–Crippen MR) is 123 cm³/mol. The number of nitrogens with zero attached hydrogens (tertiary/aromatic N) is 5. The molecule has 35 heavy (non-hydrogen) atoms. The number of aromatic nitrogens is 5. The second-order valence-electron chi connectivity index (χ2n) is 7.82. The van der Waals surface area contributed by atoms with E-state index in [0.717, 1.165) is 5.56 Å². The van der Waals surface area contributed by atoms with Crippen molar-refractivity contribution in [1.82, 2.24) is 24.9 Å². The lowest BCUT2D eigenvalue weighted by atomic mass is 10.1. The highest BCUT2D eigenvalue weighted by Gasteiger charge is 2.16. The third-order valence-electron chi connectivity index (χ3n) is 5.26. The molecule has 10 heteroatoms. The Hall–Kier alpha value is -4.60. The van der Waals surface area contributed by atoms with Gasteiger partial charge in [-0.25, -0.2) is 14.4 Å². The molecule has 0 amide bonds. The Labute approximate surface area is 199 Å². The molecule has 5 rings (SSSR count). The molecule has 1 N–H and O–H groups in total. The van der Waals surface area contributed by atoms with Gasteiger partial charge in [-0.15, -0.1) is 0 Å². The summed E-state index contributed by atoms with van der Waals surface area (Å²) in [6.07, 6.45) is 3.83. The van der Waals surface area contributed by atoms with Gasteiger partial charge in [-0.1, -0.05) is 17.3 Å². The SMILES string of the molecule is O=C(O)CCCOc1ccc(-c2cc(Cn3cc4nc(-c5ccccc5F)nc-4cn3)on2)cc1. The highest BCUT2D eigenvalue weighted by atomic mass is 19.1. The molecule has 0 fully saturated rings. The zero-order valence-electron chi connectivity index (χ0n) is 18.5. The normalized spacial score (nSPS) is 11.1. The van der Waals surface area contributed by atoms with Crippen molar-refractivity contribution in [3.63, 3.8) is 0 Å². The molecule has 0 atom stereocenters. The van der Waals surface area contributed by atoms with Gasteiger partial charge < -0.3 is 14.4 Å². The first-order chi connectivity index (χ1) is 17.0. The van der Waals surface area contributed by atoms with Crippen molar-refractivity contribution in [3.8, 4) is 39.8 Å². The molecule has 0 bridgehead atoms. The predicted octanol–water partition coefficient (Wildman–Crippen LogP) is 4.53. The van der Waals surface area contributed by atoms with Crippen LogP contribution in [0, 0.1) is 5.82 Å². The van der Waals surface area contributed by atoms with Gasteiger partial charge in [-0.05, 0) is 42.8 Å². The van der Waals surface area contributed by atoms with Crippen LogP contribution in [0.5, 0.6) is 5.75 Å².